The zero-order chi connectivity index (χ0) is 25.1. The molecule has 0 bridgehead atoms. The van der Waals surface area contributed by atoms with Gasteiger partial charge in [-0.1, -0.05) is 30.3 Å². The standard InChI is InChI=1S/C27H24FN5O2S/c28-23-7-9-25(10-8-23)36(34,35)33-17-22-14-21(16-29)6-11-26(22)32(19-27-30-12-13-31-27)18-24(33)15-20-4-2-1-3-5-20/h1-14,24H,15,17-19H2,(H,30,31)/t24-/m1/s1. The summed E-state index contributed by atoms with van der Waals surface area (Å²) in [6.07, 6.45) is 3.91. The molecule has 5 rings (SSSR count). The van der Waals surface area contributed by atoms with E-state index >= 15 is 0 Å². The maximum atomic E-state index is 13.9. The molecule has 2 heterocycles. The molecule has 1 atom stereocenters. The Balaban J connectivity index is 1.62. The van der Waals surface area contributed by atoms with Gasteiger partial charge in [0, 0.05) is 37.2 Å². The summed E-state index contributed by atoms with van der Waals surface area (Å²) in [6, 6.07) is 21.7. The third kappa shape index (κ3) is 4.87. The van der Waals surface area contributed by atoms with E-state index in [1.165, 1.54) is 16.4 Å². The SMILES string of the molecule is N#Cc1ccc2c(c1)CN(S(=O)(=O)c1ccc(F)cc1)[C@H](Cc1ccccc1)CN2Cc1ncc[nH]1. The van der Waals surface area contributed by atoms with Gasteiger partial charge in [0.05, 0.1) is 23.1 Å². The van der Waals surface area contributed by atoms with Gasteiger partial charge in [-0.3, -0.25) is 0 Å². The minimum atomic E-state index is -3.99. The summed E-state index contributed by atoms with van der Waals surface area (Å²) in [5, 5.41) is 9.51. The summed E-state index contributed by atoms with van der Waals surface area (Å²) in [5.41, 5.74) is 3.03. The highest BCUT2D eigenvalue weighted by atomic mass is 32.2. The number of nitrogens with one attached hydrogen (secondary N) is 1. The lowest BCUT2D eigenvalue weighted by molar-refractivity contribution is 0.317. The number of aromatic nitrogens is 2. The molecule has 0 saturated carbocycles. The molecule has 1 aliphatic heterocycles. The van der Waals surface area contributed by atoms with Crippen LogP contribution in [0.5, 0.6) is 0 Å². The molecule has 36 heavy (non-hydrogen) atoms. The zero-order valence-corrected chi connectivity index (χ0v) is 20.2. The number of hydrogen-bond donors (Lipinski definition) is 1. The molecule has 4 aromatic rings. The second kappa shape index (κ2) is 9.93. The van der Waals surface area contributed by atoms with Crippen LogP contribution in [0.1, 0.15) is 22.5 Å². The predicted octanol–water partition coefficient (Wildman–Crippen LogP) is 4.24. The number of rotatable bonds is 6. The van der Waals surface area contributed by atoms with Crippen molar-refractivity contribution in [3.8, 4) is 6.07 Å². The minimum Gasteiger partial charge on any atom is -0.362 e. The van der Waals surface area contributed by atoms with E-state index in [1.54, 1.807) is 24.5 Å². The molecule has 7 nitrogen and oxygen atoms in total. The molecule has 3 aromatic carbocycles. The van der Waals surface area contributed by atoms with E-state index in [2.05, 4.69) is 20.9 Å². The Bertz CT molecular complexity index is 1480. The molecular weight excluding hydrogens is 477 g/mol. The number of aromatic amines is 1. The number of sulfonamides is 1. The molecule has 0 saturated heterocycles. The van der Waals surface area contributed by atoms with E-state index < -0.39 is 21.9 Å². The summed E-state index contributed by atoms with van der Waals surface area (Å²) in [4.78, 5) is 9.61. The van der Waals surface area contributed by atoms with Gasteiger partial charge in [-0.15, -0.1) is 0 Å². The summed E-state index contributed by atoms with van der Waals surface area (Å²) < 4.78 is 43.0. The first kappa shape index (κ1) is 23.7. The van der Waals surface area contributed by atoms with Gasteiger partial charge in [-0.2, -0.15) is 9.57 Å². The number of halogens is 1. The summed E-state index contributed by atoms with van der Waals surface area (Å²) in [5.74, 6) is 0.248. The van der Waals surface area contributed by atoms with Gasteiger partial charge >= 0.3 is 0 Å². The Morgan fingerprint density at radius 2 is 1.86 bits per heavy atom. The molecular formula is C27H24FN5O2S. The third-order valence-corrected chi connectivity index (χ3v) is 8.26. The van der Waals surface area contributed by atoms with Gasteiger partial charge < -0.3 is 9.88 Å². The first-order valence-electron chi connectivity index (χ1n) is 11.5. The second-order valence-electron chi connectivity index (χ2n) is 8.72. The molecule has 0 amide bonds. The van der Waals surface area contributed by atoms with E-state index in [4.69, 9.17) is 0 Å². The van der Waals surface area contributed by atoms with Crippen LogP contribution in [0.15, 0.2) is 90.1 Å². The predicted molar refractivity (Wildman–Crippen MR) is 134 cm³/mol. The molecule has 1 aromatic heterocycles. The van der Waals surface area contributed by atoms with E-state index in [0.29, 0.717) is 25.1 Å². The minimum absolute atomic E-state index is 0.0273. The fraction of sp³-hybridized carbons (Fsp3) is 0.185. The fourth-order valence-electron chi connectivity index (χ4n) is 4.62. The summed E-state index contributed by atoms with van der Waals surface area (Å²) in [7, 11) is -3.99. The normalized spacial score (nSPS) is 16.2. The quantitative estimate of drug-likeness (QED) is 0.427. The first-order valence-corrected chi connectivity index (χ1v) is 13.0. The van der Waals surface area contributed by atoms with Crippen molar-refractivity contribution in [2.24, 2.45) is 0 Å². The van der Waals surface area contributed by atoms with Gasteiger partial charge in [0.25, 0.3) is 0 Å². The Kier molecular flexibility index (Phi) is 6.55. The molecule has 1 aliphatic rings. The highest BCUT2D eigenvalue weighted by Gasteiger charge is 2.36. The van der Waals surface area contributed by atoms with Crippen LogP contribution >= 0.6 is 0 Å². The van der Waals surface area contributed by atoms with Crippen LogP contribution < -0.4 is 4.90 Å². The Hall–Kier alpha value is -4.00. The topological polar surface area (TPSA) is 93.1 Å². The van der Waals surface area contributed by atoms with Crippen LogP contribution in [0.4, 0.5) is 10.1 Å². The number of nitriles is 1. The highest BCUT2D eigenvalue weighted by Crippen LogP contribution is 2.33. The zero-order valence-electron chi connectivity index (χ0n) is 19.4. The van der Waals surface area contributed by atoms with Crippen LogP contribution in [0.3, 0.4) is 0 Å². The van der Waals surface area contributed by atoms with Gasteiger partial charge in [0.2, 0.25) is 10.0 Å². The van der Waals surface area contributed by atoms with Crippen molar-refractivity contribution in [1.82, 2.24) is 14.3 Å². The molecule has 0 spiro atoms. The smallest absolute Gasteiger partial charge is 0.243 e. The van der Waals surface area contributed by atoms with Crippen molar-refractivity contribution < 1.29 is 12.8 Å². The molecule has 0 fully saturated rings. The average Bonchev–Trinajstić information content (AvgIpc) is 3.35. The lowest BCUT2D eigenvalue weighted by Gasteiger charge is -2.32. The number of anilines is 1. The average molecular weight is 502 g/mol. The maximum Gasteiger partial charge on any atom is 0.243 e. The lowest BCUT2D eigenvalue weighted by Crippen LogP contribution is -2.45. The van der Waals surface area contributed by atoms with E-state index in [0.717, 1.165) is 34.8 Å². The number of fused-ring (bicyclic) bond motifs is 1. The molecule has 0 unspecified atom stereocenters. The molecule has 0 aliphatic carbocycles. The first-order chi connectivity index (χ1) is 17.4. The van der Waals surface area contributed by atoms with Crippen molar-refractivity contribution in [3.63, 3.8) is 0 Å². The van der Waals surface area contributed by atoms with E-state index in [9.17, 15) is 18.1 Å². The van der Waals surface area contributed by atoms with Crippen LogP contribution in [0.2, 0.25) is 0 Å². The van der Waals surface area contributed by atoms with E-state index in [1.807, 2.05) is 36.4 Å². The molecule has 1 N–H and O–H groups in total. The number of imidazole rings is 1. The van der Waals surface area contributed by atoms with E-state index in [-0.39, 0.29) is 11.4 Å². The highest BCUT2D eigenvalue weighted by molar-refractivity contribution is 7.89. The van der Waals surface area contributed by atoms with Crippen molar-refractivity contribution in [3.05, 3.63) is 114 Å². The third-order valence-electron chi connectivity index (χ3n) is 6.34. The molecule has 9 heteroatoms. The Morgan fingerprint density at radius 3 is 2.56 bits per heavy atom. The van der Waals surface area contributed by atoms with Crippen molar-refractivity contribution >= 4 is 15.7 Å². The summed E-state index contributed by atoms with van der Waals surface area (Å²) >= 11 is 0. The number of nitrogens with zero attached hydrogens (tertiary/aromatic N) is 4. The number of benzene rings is 3. The van der Waals surface area contributed by atoms with Crippen LogP contribution in [0.25, 0.3) is 0 Å². The Morgan fingerprint density at radius 1 is 1.08 bits per heavy atom. The fourth-order valence-corrected chi connectivity index (χ4v) is 6.22. The lowest BCUT2D eigenvalue weighted by atomic mass is 10.1. The van der Waals surface area contributed by atoms with Gasteiger partial charge in [-0.25, -0.2) is 17.8 Å². The largest absolute Gasteiger partial charge is 0.362 e. The van der Waals surface area contributed by atoms with Gasteiger partial charge in [0.15, 0.2) is 0 Å². The van der Waals surface area contributed by atoms with Gasteiger partial charge in [-0.05, 0) is 60.0 Å². The van der Waals surface area contributed by atoms with Crippen LogP contribution in [-0.4, -0.2) is 35.3 Å². The van der Waals surface area contributed by atoms with Crippen molar-refractivity contribution in [1.29, 1.82) is 5.26 Å². The molecule has 182 valence electrons. The number of H-pyrrole nitrogens is 1. The van der Waals surface area contributed by atoms with Crippen molar-refractivity contribution in [2.45, 2.75) is 30.4 Å². The monoisotopic (exact) mass is 501 g/mol. The molecule has 0 radical (unpaired) electrons. The summed E-state index contributed by atoms with van der Waals surface area (Å²) in [6.45, 7) is 0.924. The van der Waals surface area contributed by atoms with Crippen molar-refractivity contribution in [2.75, 3.05) is 11.4 Å². The maximum absolute atomic E-state index is 13.9. The number of hydrogen-bond acceptors (Lipinski definition) is 5. The van der Waals surface area contributed by atoms with Gasteiger partial charge in [0.1, 0.15) is 11.6 Å². The second-order valence-corrected chi connectivity index (χ2v) is 10.6. The van der Waals surface area contributed by atoms with Crippen LogP contribution in [-0.2, 0) is 29.5 Å². The van der Waals surface area contributed by atoms with Crippen LogP contribution in [0, 0.1) is 17.1 Å². The Labute approximate surface area is 209 Å².